The molecule has 0 fully saturated rings. The Morgan fingerprint density at radius 1 is 1.53 bits per heavy atom. The van der Waals surface area contributed by atoms with E-state index in [-0.39, 0.29) is 0 Å². The predicted molar refractivity (Wildman–Crippen MR) is 60.1 cm³/mol. The Hall–Kier alpha value is -1.85. The lowest BCUT2D eigenvalue weighted by Crippen LogP contribution is -1.94. The maximum Gasteiger partial charge on any atom is 0.165 e. The van der Waals surface area contributed by atoms with Crippen LogP contribution in [0.15, 0.2) is 49.1 Å². The highest BCUT2D eigenvalue weighted by molar-refractivity contribution is 5.29. The van der Waals surface area contributed by atoms with Gasteiger partial charge in [-0.2, -0.15) is 5.26 Å². The average Bonchev–Trinajstić information content (AvgIpc) is 2.29. The molecule has 1 rings (SSSR count). The van der Waals surface area contributed by atoms with Crippen molar-refractivity contribution in [3.05, 3.63) is 60.2 Å². The zero-order chi connectivity index (χ0) is 11.1. The zero-order valence-corrected chi connectivity index (χ0v) is 8.43. The van der Waals surface area contributed by atoms with Gasteiger partial charge < -0.3 is 5.11 Å². The first-order valence-corrected chi connectivity index (χ1v) is 4.72. The van der Waals surface area contributed by atoms with E-state index in [2.05, 4.69) is 6.58 Å². The number of aliphatic hydroxyl groups is 1. The summed E-state index contributed by atoms with van der Waals surface area (Å²) >= 11 is 0. The maximum atomic E-state index is 9.33. The summed E-state index contributed by atoms with van der Waals surface area (Å²) in [5.41, 5.74) is 1.71. The Kier molecular flexibility index (Phi) is 4.33. The Labute approximate surface area is 89.8 Å². The molecular formula is C13H13NO. The molecule has 1 aromatic rings. The van der Waals surface area contributed by atoms with Crippen molar-refractivity contribution in [2.24, 2.45) is 0 Å². The van der Waals surface area contributed by atoms with Crippen LogP contribution in [0.1, 0.15) is 17.2 Å². The number of nitrogens with zero attached hydrogens (tertiary/aromatic N) is 1. The Morgan fingerprint density at radius 3 is 3.00 bits per heavy atom. The van der Waals surface area contributed by atoms with Crippen LogP contribution in [0, 0.1) is 11.3 Å². The van der Waals surface area contributed by atoms with Crippen LogP contribution in [0.5, 0.6) is 0 Å². The third-order valence-corrected chi connectivity index (χ3v) is 2.01. The van der Waals surface area contributed by atoms with E-state index < -0.39 is 6.10 Å². The number of hydrogen-bond acceptors (Lipinski definition) is 2. The fourth-order valence-corrected chi connectivity index (χ4v) is 1.27. The molecule has 0 saturated carbocycles. The monoisotopic (exact) mass is 199 g/mol. The first-order chi connectivity index (χ1) is 7.27. The van der Waals surface area contributed by atoms with Gasteiger partial charge in [-0.3, -0.25) is 0 Å². The van der Waals surface area contributed by atoms with Gasteiger partial charge in [0.15, 0.2) is 6.10 Å². The Balaban J connectivity index is 2.79. The second-order valence-electron chi connectivity index (χ2n) is 3.14. The first kappa shape index (κ1) is 11.2. The molecule has 0 aliphatic heterocycles. The molecule has 1 atom stereocenters. The van der Waals surface area contributed by atoms with Crippen molar-refractivity contribution in [3.63, 3.8) is 0 Å². The maximum absolute atomic E-state index is 9.33. The molecule has 2 nitrogen and oxygen atoms in total. The molecule has 76 valence electrons. The molecule has 0 radical (unpaired) electrons. The van der Waals surface area contributed by atoms with Crippen LogP contribution < -0.4 is 0 Å². The summed E-state index contributed by atoms with van der Waals surface area (Å²) in [4.78, 5) is 0. The van der Waals surface area contributed by atoms with Gasteiger partial charge in [-0.1, -0.05) is 49.1 Å². The summed E-state index contributed by atoms with van der Waals surface area (Å²) in [5.74, 6) is 0. The van der Waals surface area contributed by atoms with Gasteiger partial charge in [0.05, 0.1) is 6.07 Å². The van der Waals surface area contributed by atoms with Gasteiger partial charge in [0.1, 0.15) is 0 Å². The number of nitriles is 1. The number of rotatable bonds is 4. The summed E-state index contributed by atoms with van der Waals surface area (Å²) < 4.78 is 0. The average molecular weight is 199 g/mol. The van der Waals surface area contributed by atoms with Gasteiger partial charge in [0.2, 0.25) is 0 Å². The van der Waals surface area contributed by atoms with Crippen molar-refractivity contribution in [3.8, 4) is 6.07 Å². The molecule has 1 N–H and O–H groups in total. The van der Waals surface area contributed by atoms with Gasteiger partial charge in [-0.15, -0.1) is 0 Å². The summed E-state index contributed by atoms with van der Waals surface area (Å²) in [5, 5.41) is 17.9. The molecule has 0 aliphatic rings. The SMILES string of the molecule is C=CC=CCc1cccc(C(O)C#N)c1. The van der Waals surface area contributed by atoms with Crippen LogP contribution in [0.25, 0.3) is 0 Å². The van der Waals surface area contributed by atoms with Crippen molar-refractivity contribution < 1.29 is 5.11 Å². The molecule has 0 saturated heterocycles. The number of allylic oxidation sites excluding steroid dienone is 3. The molecule has 0 amide bonds. The Bertz CT molecular complexity index is 401. The van der Waals surface area contributed by atoms with Crippen molar-refractivity contribution in [1.29, 1.82) is 5.26 Å². The van der Waals surface area contributed by atoms with E-state index >= 15 is 0 Å². The quantitative estimate of drug-likeness (QED) is 0.598. The molecule has 0 heterocycles. The predicted octanol–water partition coefficient (Wildman–Crippen LogP) is 2.53. The molecule has 0 aliphatic carbocycles. The first-order valence-electron chi connectivity index (χ1n) is 4.72. The van der Waals surface area contributed by atoms with Crippen LogP contribution in [0.3, 0.4) is 0 Å². The summed E-state index contributed by atoms with van der Waals surface area (Å²) in [7, 11) is 0. The minimum absolute atomic E-state index is 0.641. The second-order valence-corrected chi connectivity index (χ2v) is 3.14. The number of hydrogen-bond donors (Lipinski definition) is 1. The van der Waals surface area contributed by atoms with E-state index in [1.165, 1.54) is 0 Å². The molecule has 0 spiro atoms. The summed E-state index contributed by atoms with van der Waals surface area (Å²) in [6.07, 6.45) is 5.30. The molecule has 0 aromatic heterocycles. The number of aliphatic hydroxyl groups excluding tert-OH is 1. The van der Waals surface area contributed by atoms with Crippen LogP contribution in [0.2, 0.25) is 0 Å². The van der Waals surface area contributed by atoms with E-state index in [1.807, 2.05) is 30.4 Å². The minimum Gasteiger partial charge on any atom is -0.374 e. The lowest BCUT2D eigenvalue weighted by molar-refractivity contribution is 0.236. The summed E-state index contributed by atoms with van der Waals surface area (Å²) in [6, 6.07) is 9.18. The van der Waals surface area contributed by atoms with E-state index in [9.17, 15) is 5.11 Å². The van der Waals surface area contributed by atoms with E-state index in [0.29, 0.717) is 5.56 Å². The molecular weight excluding hydrogens is 186 g/mol. The fraction of sp³-hybridized carbons (Fsp3) is 0.154. The van der Waals surface area contributed by atoms with Crippen LogP contribution in [-0.2, 0) is 6.42 Å². The molecule has 15 heavy (non-hydrogen) atoms. The van der Waals surface area contributed by atoms with Crippen molar-refractivity contribution in [2.45, 2.75) is 12.5 Å². The smallest absolute Gasteiger partial charge is 0.165 e. The highest BCUT2D eigenvalue weighted by atomic mass is 16.3. The third-order valence-electron chi connectivity index (χ3n) is 2.01. The highest BCUT2D eigenvalue weighted by Crippen LogP contribution is 2.14. The zero-order valence-electron chi connectivity index (χ0n) is 8.43. The van der Waals surface area contributed by atoms with Gasteiger partial charge in [-0.25, -0.2) is 0 Å². The van der Waals surface area contributed by atoms with E-state index in [0.717, 1.165) is 12.0 Å². The molecule has 0 bridgehead atoms. The lowest BCUT2D eigenvalue weighted by atomic mass is 10.0. The fourth-order valence-electron chi connectivity index (χ4n) is 1.27. The van der Waals surface area contributed by atoms with Gasteiger partial charge in [-0.05, 0) is 17.5 Å². The second kappa shape index (κ2) is 5.79. The third kappa shape index (κ3) is 3.41. The highest BCUT2D eigenvalue weighted by Gasteiger charge is 2.04. The molecule has 1 aromatic carbocycles. The normalized spacial score (nSPS) is 12.3. The minimum atomic E-state index is -1.03. The van der Waals surface area contributed by atoms with E-state index in [4.69, 9.17) is 5.26 Å². The van der Waals surface area contributed by atoms with Crippen LogP contribution in [-0.4, -0.2) is 5.11 Å². The van der Waals surface area contributed by atoms with Gasteiger partial charge in [0.25, 0.3) is 0 Å². The van der Waals surface area contributed by atoms with Crippen molar-refractivity contribution in [1.82, 2.24) is 0 Å². The topological polar surface area (TPSA) is 44.0 Å². The standard InChI is InChI=1S/C13H13NO/c1-2-3-4-6-11-7-5-8-12(9-11)13(15)10-14/h2-5,7-9,13,15H,1,6H2. The van der Waals surface area contributed by atoms with Crippen LogP contribution in [0.4, 0.5) is 0 Å². The van der Waals surface area contributed by atoms with Gasteiger partial charge in [0, 0.05) is 0 Å². The lowest BCUT2D eigenvalue weighted by Gasteiger charge is -2.03. The van der Waals surface area contributed by atoms with Gasteiger partial charge >= 0.3 is 0 Å². The summed E-state index contributed by atoms with van der Waals surface area (Å²) in [6.45, 7) is 3.58. The molecule has 1 unspecified atom stereocenters. The van der Waals surface area contributed by atoms with E-state index in [1.54, 1.807) is 18.2 Å². The molecule has 2 heteroatoms. The van der Waals surface area contributed by atoms with Crippen molar-refractivity contribution >= 4 is 0 Å². The Morgan fingerprint density at radius 2 is 2.33 bits per heavy atom. The largest absolute Gasteiger partial charge is 0.374 e. The van der Waals surface area contributed by atoms with Crippen LogP contribution >= 0.6 is 0 Å². The van der Waals surface area contributed by atoms with Crippen molar-refractivity contribution in [2.75, 3.05) is 0 Å². The number of benzene rings is 1.